The van der Waals surface area contributed by atoms with Crippen LogP contribution in [0.1, 0.15) is 34.3 Å². The molecule has 1 aliphatic heterocycles. The molecule has 5 nitrogen and oxygen atoms in total. The van der Waals surface area contributed by atoms with Crippen LogP contribution in [0.5, 0.6) is 5.75 Å². The van der Waals surface area contributed by atoms with Gasteiger partial charge in [0.25, 0.3) is 5.91 Å². The van der Waals surface area contributed by atoms with Crippen LogP contribution in [0.15, 0.2) is 42.5 Å². The molecule has 0 N–H and O–H groups in total. The van der Waals surface area contributed by atoms with E-state index in [2.05, 4.69) is 0 Å². The quantitative estimate of drug-likeness (QED) is 0.829. The summed E-state index contributed by atoms with van der Waals surface area (Å²) in [6, 6.07) is 13.2. The van der Waals surface area contributed by atoms with Crippen LogP contribution in [0.25, 0.3) is 0 Å². The topological polar surface area (TPSA) is 49.9 Å². The lowest BCUT2D eigenvalue weighted by Crippen LogP contribution is -2.27. The number of hydrogen-bond donors (Lipinski definition) is 0. The van der Waals surface area contributed by atoms with Gasteiger partial charge >= 0.3 is 0 Å². The van der Waals surface area contributed by atoms with Gasteiger partial charge in [-0.1, -0.05) is 17.7 Å². The van der Waals surface area contributed by atoms with E-state index in [1.165, 1.54) is 0 Å². The van der Waals surface area contributed by atoms with Gasteiger partial charge in [-0.05, 0) is 43.7 Å². The molecule has 2 aromatic carbocycles. The maximum Gasteiger partial charge on any atom is 0.253 e. The van der Waals surface area contributed by atoms with Gasteiger partial charge in [-0.2, -0.15) is 0 Å². The van der Waals surface area contributed by atoms with Crippen molar-refractivity contribution in [3.05, 3.63) is 59.2 Å². The summed E-state index contributed by atoms with van der Waals surface area (Å²) in [5.41, 5.74) is 3.56. The van der Waals surface area contributed by atoms with Gasteiger partial charge in [-0.25, -0.2) is 0 Å². The van der Waals surface area contributed by atoms with Gasteiger partial charge in [0, 0.05) is 43.4 Å². The van der Waals surface area contributed by atoms with Crippen molar-refractivity contribution in [3.8, 4) is 5.75 Å². The van der Waals surface area contributed by atoms with Crippen molar-refractivity contribution in [3.63, 3.8) is 0 Å². The highest BCUT2D eigenvalue weighted by atomic mass is 16.5. The number of nitrogens with zero attached hydrogens (tertiary/aromatic N) is 2. The van der Waals surface area contributed by atoms with E-state index in [1.54, 1.807) is 36.1 Å². The van der Waals surface area contributed by atoms with Gasteiger partial charge < -0.3 is 14.5 Å². The molecule has 1 saturated heterocycles. The maximum absolute atomic E-state index is 12.7. The largest absolute Gasteiger partial charge is 0.496 e. The van der Waals surface area contributed by atoms with Crippen LogP contribution >= 0.6 is 0 Å². The fraction of sp³-hybridized carbons (Fsp3) is 0.333. The fourth-order valence-electron chi connectivity index (χ4n) is 3.28. The summed E-state index contributed by atoms with van der Waals surface area (Å²) in [5.74, 6) is 0.860. The van der Waals surface area contributed by atoms with Gasteiger partial charge in [-0.3, -0.25) is 9.59 Å². The van der Waals surface area contributed by atoms with Crippen molar-refractivity contribution in [1.82, 2.24) is 4.90 Å². The zero-order chi connectivity index (χ0) is 18.7. The Morgan fingerprint density at radius 2 is 1.92 bits per heavy atom. The molecular formula is C21H24N2O3. The van der Waals surface area contributed by atoms with E-state index in [-0.39, 0.29) is 11.8 Å². The molecule has 1 aliphatic rings. The molecule has 2 aromatic rings. The SMILES string of the molecule is COc1ccc(C)cc1CN(C)C(=O)c1ccc(N2CCCC2=O)cc1. The predicted octanol–water partition coefficient (Wildman–Crippen LogP) is 3.40. The van der Waals surface area contributed by atoms with Crippen LogP contribution in [0, 0.1) is 6.92 Å². The highest BCUT2D eigenvalue weighted by molar-refractivity contribution is 5.97. The second kappa shape index (κ2) is 7.60. The summed E-state index contributed by atoms with van der Waals surface area (Å²) >= 11 is 0. The molecule has 136 valence electrons. The molecule has 0 aromatic heterocycles. The number of methoxy groups -OCH3 is 1. The van der Waals surface area contributed by atoms with Crippen LogP contribution in [-0.2, 0) is 11.3 Å². The summed E-state index contributed by atoms with van der Waals surface area (Å²) < 4.78 is 5.39. The average Bonchev–Trinajstić information content (AvgIpc) is 3.07. The van der Waals surface area contributed by atoms with E-state index < -0.39 is 0 Å². The van der Waals surface area contributed by atoms with Crippen molar-refractivity contribution < 1.29 is 14.3 Å². The van der Waals surface area contributed by atoms with Gasteiger partial charge in [0.2, 0.25) is 5.91 Å². The van der Waals surface area contributed by atoms with Crippen LogP contribution in [0.3, 0.4) is 0 Å². The predicted molar refractivity (Wildman–Crippen MR) is 102 cm³/mol. The Morgan fingerprint density at radius 1 is 1.19 bits per heavy atom. The van der Waals surface area contributed by atoms with E-state index in [9.17, 15) is 9.59 Å². The zero-order valence-electron chi connectivity index (χ0n) is 15.5. The molecule has 1 fully saturated rings. The molecule has 26 heavy (non-hydrogen) atoms. The van der Waals surface area contributed by atoms with Crippen molar-refractivity contribution in [2.24, 2.45) is 0 Å². The third kappa shape index (κ3) is 3.72. The van der Waals surface area contributed by atoms with Gasteiger partial charge in [0.05, 0.1) is 7.11 Å². The Hall–Kier alpha value is -2.82. The second-order valence-electron chi connectivity index (χ2n) is 6.67. The third-order valence-corrected chi connectivity index (χ3v) is 4.69. The minimum atomic E-state index is -0.0622. The molecule has 5 heteroatoms. The Balaban J connectivity index is 1.72. The number of carbonyl (C=O) groups excluding carboxylic acids is 2. The molecule has 0 bridgehead atoms. The van der Waals surface area contributed by atoms with E-state index in [4.69, 9.17) is 4.74 Å². The first-order valence-electron chi connectivity index (χ1n) is 8.79. The Bertz CT molecular complexity index is 815. The van der Waals surface area contributed by atoms with Gasteiger partial charge in [-0.15, -0.1) is 0 Å². The molecular weight excluding hydrogens is 328 g/mol. The lowest BCUT2D eigenvalue weighted by atomic mass is 10.1. The molecule has 0 spiro atoms. The number of rotatable bonds is 5. The summed E-state index contributed by atoms with van der Waals surface area (Å²) in [6.07, 6.45) is 1.49. The molecule has 0 aliphatic carbocycles. The molecule has 0 radical (unpaired) electrons. The van der Waals surface area contributed by atoms with E-state index >= 15 is 0 Å². The van der Waals surface area contributed by atoms with E-state index in [0.29, 0.717) is 18.5 Å². The molecule has 0 unspecified atom stereocenters. The van der Waals surface area contributed by atoms with Crippen molar-refractivity contribution in [1.29, 1.82) is 0 Å². The zero-order valence-corrected chi connectivity index (χ0v) is 15.5. The molecule has 0 atom stereocenters. The molecule has 2 amide bonds. The minimum absolute atomic E-state index is 0.0622. The minimum Gasteiger partial charge on any atom is -0.496 e. The lowest BCUT2D eigenvalue weighted by Gasteiger charge is -2.20. The van der Waals surface area contributed by atoms with Crippen molar-refractivity contribution in [2.45, 2.75) is 26.3 Å². The van der Waals surface area contributed by atoms with Gasteiger partial charge in [0.1, 0.15) is 5.75 Å². The van der Waals surface area contributed by atoms with Crippen molar-refractivity contribution in [2.75, 3.05) is 25.6 Å². The second-order valence-corrected chi connectivity index (χ2v) is 6.67. The average molecular weight is 352 g/mol. The Labute approximate surface area is 154 Å². The summed E-state index contributed by atoms with van der Waals surface area (Å²) in [4.78, 5) is 28.0. The van der Waals surface area contributed by atoms with Crippen LogP contribution in [0.2, 0.25) is 0 Å². The highest BCUT2D eigenvalue weighted by Crippen LogP contribution is 2.24. The molecule has 1 heterocycles. The maximum atomic E-state index is 12.7. The summed E-state index contributed by atoms with van der Waals surface area (Å²) in [5, 5.41) is 0. The Morgan fingerprint density at radius 3 is 2.54 bits per heavy atom. The van der Waals surface area contributed by atoms with E-state index in [1.807, 2.05) is 37.3 Å². The van der Waals surface area contributed by atoms with Crippen LogP contribution < -0.4 is 9.64 Å². The van der Waals surface area contributed by atoms with Gasteiger partial charge in [0.15, 0.2) is 0 Å². The summed E-state index contributed by atoms with van der Waals surface area (Å²) in [7, 11) is 3.41. The van der Waals surface area contributed by atoms with E-state index in [0.717, 1.165) is 35.5 Å². The number of aryl methyl sites for hydroxylation is 1. The van der Waals surface area contributed by atoms with Crippen LogP contribution in [-0.4, -0.2) is 37.4 Å². The normalized spacial score (nSPS) is 13.8. The monoisotopic (exact) mass is 352 g/mol. The number of hydrogen-bond acceptors (Lipinski definition) is 3. The lowest BCUT2D eigenvalue weighted by molar-refractivity contribution is -0.117. The number of ether oxygens (including phenoxy) is 1. The van der Waals surface area contributed by atoms with Crippen molar-refractivity contribution >= 4 is 17.5 Å². The first-order valence-corrected chi connectivity index (χ1v) is 8.79. The number of amides is 2. The first-order chi connectivity index (χ1) is 12.5. The highest BCUT2D eigenvalue weighted by Gasteiger charge is 2.22. The fourth-order valence-corrected chi connectivity index (χ4v) is 3.28. The summed E-state index contributed by atoms with van der Waals surface area (Å²) in [6.45, 7) is 3.23. The smallest absolute Gasteiger partial charge is 0.253 e. The standard InChI is InChI=1S/C21H24N2O3/c1-15-6-11-19(26-3)17(13-15)14-22(2)21(25)16-7-9-18(10-8-16)23-12-4-5-20(23)24/h6-11,13H,4-5,12,14H2,1-3H3. The van der Waals surface area contributed by atoms with Crippen LogP contribution in [0.4, 0.5) is 5.69 Å². The number of carbonyl (C=O) groups is 2. The first kappa shape index (κ1) is 18.0. The number of anilines is 1. The Kier molecular flexibility index (Phi) is 5.26. The molecule has 3 rings (SSSR count). The third-order valence-electron chi connectivity index (χ3n) is 4.69. The molecule has 0 saturated carbocycles. The number of benzene rings is 2.